The van der Waals surface area contributed by atoms with Gasteiger partial charge in [0.25, 0.3) is 0 Å². The molecule has 3 saturated heterocycles. The van der Waals surface area contributed by atoms with Crippen molar-refractivity contribution in [2.24, 2.45) is 16.3 Å². The maximum atomic E-state index is 6.11. The summed E-state index contributed by atoms with van der Waals surface area (Å²) in [5, 5.41) is 7.56. The molecule has 5 rings (SSSR count). The molecule has 2 bridgehead atoms. The van der Waals surface area contributed by atoms with Gasteiger partial charge < -0.3 is 20.1 Å². The standard InChI is InChI=1S/C19H31N3O2/c1-2-20-18(21-14-11-12-5-6-15(14)24-12)22-16-13-7-10-23-17(13)19(16)8-3-4-9-19/h12-17H,2-11H2,1H3,(H2,20,21,22). The molecule has 134 valence electrons. The number of fused-ring (bicyclic) bond motifs is 4. The fourth-order valence-electron chi connectivity index (χ4n) is 6.31. The number of rotatable bonds is 3. The number of ether oxygens (including phenoxy) is 2. The van der Waals surface area contributed by atoms with E-state index in [2.05, 4.69) is 17.6 Å². The van der Waals surface area contributed by atoms with E-state index in [4.69, 9.17) is 14.5 Å². The molecule has 5 fully saturated rings. The van der Waals surface area contributed by atoms with Crippen molar-refractivity contribution in [1.82, 2.24) is 10.6 Å². The molecule has 6 atom stereocenters. The van der Waals surface area contributed by atoms with Crippen LogP contribution in [0.1, 0.15) is 58.3 Å². The number of aliphatic imine (C=N–C) groups is 1. The first-order valence-electron chi connectivity index (χ1n) is 10.1. The van der Waals surface area contributed by atoms with Gasteiger partial charge in [0, 0.05) is 30.5 Å². The van der Waals surface area contributed by atoms with E-state index in [1.165, 1.54) is 44.9 Å². The van der Waals surface area contributed by atoms with Crippen LogP contribution in [0.3, 0.4) is 0 Å². The van der Waals surface area contributed by atoms with Crippen molar-refractivity contribution in [3.05, 3.63) is 0 Å². The Bertz CT molecular complexity index is 517. The van der Waals surface area contributed by atoms with E-state index in [0.29, 0.717) is 41.7 Å². The van der Waals surface area contributed by atoms with Crippen molar-refractivity contribution in [2.45, 2.75) is 88.7 Å². The highest BCUT2D eigenvalue weighted by molar-refractivity contribution is 5.81. The van der Waals surface area contributed by atoms with E-state index < -0.39 is 0 Å². The molecule has 3 heterocycles. The molecule has 0 aromatic heterocycles. The van der Waals surface area contributed by atoms with Gasteiger partial charge in [-0.25, -0.2) is 0 Å². The van der Waals surface area contributed by atoms with Crippen molar-refractivity contribution < 1.29 is 9.47 Å². The third kappa shape index (κ3) is 2.23. The minimum absolute atomic E-state index is 0.378. The summed E-state index contributed by atoms with van der Waals surface area (Å²) < 4.78 is 12.1. The highest BCUT2D eigenvalue weighted by Crippen LogP contribution is 2.60. The van der Waals surface area contributed by atoms with Crippen LogP contribution in [-0.4, -0.2) is 49.5 Å². The lowest BCUT2D eigenvalue weighted by atomic mass is 9.54. The monoisotopic (exact) mass is 333 g/mol. The predicted octanol–water partition coefficient (Wildman–Crippen LogP) is 2.21. The molecule has 6 unspecified atom stereocenters. The Morgan fingerprint density at radius 2 is 2.04 bits per heavy atom. The average molecular weight is 333 g/mol. The first-order valence-corrected chi connectivity index (χ1v) is 10.1. The first-order chi connectivity index (χ1) is 11.8. The quantitative estimate of drug-likeness (QED) is 0.614. The Labute approximate surface area is 145 Å². The smallest absolute Gasteiger partial charge is 0.191 e. The number of nitrogens with zero attached hydrogens (tertiary/aromatic N) is 1. The summed E-state index contributed by atoms with van der Waals surface area (Å²) in [6.07, 6.45) is 11.5. The van der Waals surface area contributed by atoms with E-state index in [1.54, 1.807) is 0 Å². The number of hydrogen-bond donors (Lipinski definition) is 2. The second kappa shape index (κ2) is 5.87. The summed E-state index contributed by atoms with van der Waals surface area (Å²) in [6.45, 7) is 3.89. The normalized spacial score (nSPS) is 45.5. The summed E-state index contributed by atoms with van der Waals surface area (Å²) in [4.78, 5) is 4.76. The summed E-state index contributed by atoms with van der Waals surface area (Å²) >= 11 is 0. The lowest BCUT2D eigenvalue weighted by molar-refractivity contribution is -0.125. The molecular weight excluding hydrogens is 302 g/mol. The zero-order chi connectivity index (χ0) is 16.1. The third-order valence-electron chi connectivity index (χ3n) is 7.32. The van der Waals surface area contributed by atoms with Crippen LogP contribution in [0.15, 0.2) is 4.99 Å². The van der Waals surface area contributed by atoms with Crippen LogP contribution in [0.2, 0.25) is 0 Å². The fraction of sp³-hybridized carbons (Fsp3) is 0.947. The van der Waals surface area contributed by atoms with Gasteiger partial charge in [-0.05, 0) is 45.4 Å². The van der Waals surface area contributed by atoms with E-state index in [1.807, 2.05) is 0 Å². The molecule has 3 aliphatic heterocycles. The molecule has 0 radical (unpaired) electrons. The molecule has 5 heteroatoms. The molecule has 2 N–H and O–H groups in total. The summed E-state index contributed by atoms with van der Waals surface area (Å²) in [5.41, 5.74) is 0.378. The Kier molecular flexibility index (Phi) is 3.78. The van der Waals surface area contributed by atoms with Gasteiger partial charge in [-0.3, -0.25) is 4.99 Å². The maximum absolute atomic E-state index is 6.11. The topological polar surface area (TPSA) is 54.9 Å². The van der Waals surface area contributed by atoms with Crippen LogP contribution in [0, 0.1) is 11.3 Å². The van der Waals surface area contributed by atoms with Gasteiger partial charge in [0.15, 0.2) is 5.96 Å². The minimum Gasteiger partial charge on any atom is -0.377 e. The van der Waals surface area contributed by atoms with E-state index >= 15 is 0 Å². The van der Waals surface area contributed by atoms with Gasteiger partial charge in [0.05, 0.1) is 24.4 Å². The summed E-state index contributed by atoms with van der Waals surface area (Å²) in [7, 11) is 0. The lowest BCUT2D eigenvalue weighted by Crippen LogP contribution is -2.69. The highest BCUT2D eigenvalue weighted by Gasteiger charge is 2.65. The van der Waals surface area contributed by atoms with Crippen LogP contribution in [0.5, 0.6) is 0 Å². The molecule has 1 spiro atoms. The maximum Gasteiger partial charge on any atom is 0.191 e. The Balaban J connectivity index is 1.30. The molecule has 0 aromatic carbocycles. The van der Waals surface area contributed by atoms with E-state index in [-0.39, 0.29) is 0 Å². The minimum atomic E-state index is 0.378. The molecule has 24 heavy (non-hydrogen) atoms. The molecule has 2 aliphatic carbocycles. The first kappa shape index (κ1) is 15.4. The molecule has 2 saturated carbocycles. The van der Waals surface area contributed by atoms with Gasteiger partial charge in [-0.15, -0.1) is 0 Å². The second-order valence-electron chi connectivity index (χ2n) is 8.49. The van der Waals surface area contributed by atoms with E-state index in [0.717, 1.165) is 25.5 Å². The third-order valence-corrected chi connectivity index (χ3v) is 7.32. The zero-order valence-corrected chi connectivity index (χ0v) is 14.8. The largest absolute Gasteiger partial charge is 0.377 e. The predicted molar refractivity (Wildman–Crippen MR) is 93.1 cm³/mol. The van der Waals surface area contributed by atoms with Gasteiger partial charge in [0.2, 0.25) is 0 Å². The molecule has 0 aromatic rings. The SMILES string of the molecule is CCN=C(NC1CC2CCC1O2)NC1C2CCOC2C12CCCC2. The Morgan fingerprint density at radius 1 is 1.17 bits per heavy atom. The van der Waals surface area contributed by atoms with Crippen LogP contribution in [0.25, 0.3) is 0 Å². The van der Waals surface area contributed by atoms with Gasteiger partial charge in [0.1, 0.15) is 0 Å². The van der Waals surface area contributed by atoms with Crippen LogP contribution < -0.4 is 10.6 Å². The fourth-order valence-corrected chi connectivity index (χ4v) is 6.31. The summed E-state index contributed by atoms with van der Waals surface area (Å²) in [6, 6.07) is 0.988. The average Bonchev–Trinajstić information content (AvgIpc) is 3.34. The zero-order valence-electron chi connectivity index (χ0n) is 14.8. The van der Waals surface area contributed by atoms with Crippen molar-refractivity contribution in [1.29, 1.82) is 0 Å². The van der Waals surface area contributed by atoms with Crippen LogP contribution >= 0.6 is 0 Å². The number of guanidine groups is 1. The Morgan fingerprint density at radius 3 is 2.75 bits per heavy atom. The van der Waals surface area contributed by atoms with E-state index in [9.17, 15) is 0 Å². The van der Waals surface area contributed by atoms with Crippen molar-refractivity contribution in [2.75, 3.05) is 13.2 Å². The van der Waals surface area contributed by atoms with Crippen molar-refractivity contribution >= 4 is 5.96 Å². The van der Waals surface area contributed by atoms with Gasteiger partial charge in [-0.1, -0.05) is 12.8 Å². The van der Waals surface area contributed by atoms with Crippen molar-refractivity contribution in [3.8, 4) is 0 Å². The highest BCUT2D eigenvalue weighted by atomic mass is 16.5. The Hall–Kier alpha value is -0.810. The van der Waals surface area contributed by atoms with Gasteiger partial charge >= 0.3 is 0 Å². The molecular formula is C19H31N3O2. The van der Waals surface area contributed by atoms with Crippen molar-refractivity contribution in [3.63, 3.8) is 0 Å². The molecule has 0 amide bonds. The molecule has 5 nitrogen and oxygen atoms in total. The summed E-state index contributed by atoms with van der Waals surface area (Å²) in [5.74, 6) is 1.70. The van der Waals surface area contributed by atoms with Gasteiger partial charge in [-0.2, -0.15) is 0 Å². The van der Waals surface area contributed by atoms with Crippen LogP contribution in [-0.2, 0) is 9.47 Å². The number of hydrogen-bond acceptors (Lipinski definition) is 3. The second-order valence-corrected chi connectivity index (χ2v) is 8.49. The lowest BCUT2D eigenvalue weighted by Gasteiger charge is -2.57. The molecule has 5 aliphatic rings. The number of nitrogens with one attached hydrogen (secondary N) is 2. The van der Waals surface area contributed by atoms with Crippen LogP contribution in [0.4, 0.5) is 0 Å².